The standard InChI is InChI=1S/C37H36ClFO4/c1-23(2)30-21-31(24-13-16-28(38)17-14-24)35(25-9-8-12-29(39)19-25)43-36(30)32-20-27(15-18-33(32)42-22-34(40)41)37(3,4)26-10-6-5-7-11-26/h5-20,30-31,35-36H,1,21-22H2,2-4H3,(H,40,41)/t30-,31-,35+,36+/m1/s1. The second kappa shape index (κ2) is 12.7. The number of carboxylic acids is 1. The molecule has 1 saturated heterocycles. The number of benzene rings is 4. The lowest BCUT2D eigenvalue weighted by atomic mass is 9.72. The van der Waals surface area contributed by atoms with Crippen LogP contribution in [0.3, 0.4) is 0 Å². The Bertz CT molecular complexity index is 1600. The van der Waals surface area contributed by atoms with Crippen molar-refractivity contribution >= 4 is 17.6 Å². The van der Waals surface area contributed by atoms with Crippen molar-refractivity contribution in [2.24, 2.45) is 5.92 Å². The number of ether oxygens (including phenoxy) is 2. The minimum atomic E-state index is -1.07. The number of halogens is 2. The molecule has 0 amide bonds. The third kappa shape index (κ3) is 6.69. The summed E-state index contributed by atoms with van der Waals surface area (Å²) < 4.78 is 27.4. The van der Waals surface area contributed by atoms with Gasteiger partial charge in [-0.05, 0) is 72.0 Å². The number of hydrogen-bond donors (Lipinski definition) is 1. The van der Waals surface area contributed by atoms with E-state index >= 15 is 0 Å². The number of hydrogen-bond acceptors (Lipinski definition) is 3. The van der Waals surface area contributed by atoms with Gasteiger partial charge < -0.3 is 14.6 Å². The van der Waals surface area contributed by atoms with E-state index in [1.54, 1.807) is 6.07 Å². The predicted molar refractivity (Wildman–Crippen MR) is 168 cm³/mol. The molecule has 1 aliphatic rings. The highest BCUT2D eigenvalue weighted by Gasteiger charge is 2.42. The topological polar surface area (TPSA) is 55.8 Å². The third-order valence-electron chi connectivity index (χ3n) is 8.52. The summed E-state index contributed by atoms with van der Waals surface area (Å²) in [6, 6.07) is 30.3. The van der Waals surface area contributed by atoms with Crippen LogP contribution in [0.1, 0.15) is 73.1 Å². The lowest BCUT2D eigenvalue weighted by Crippen LogP contribution is -2.32. The van der Waals surface area contributed by atoms with Crippen LogP contribution >= 0.6 is 11.6 Å². The largest absolute Gasteiger partial charge is 0.482 e. The van der Waals surface area contributed by atoms with Gasteiger partial charge in [0, 0.05) is 27.8 Å². The van der Waals surface area contributed by atoms with E-state index in [1.165, 1.54) is 12.1 Å². The SMILES string of the molecule is C=C(C)[C@H]1C[C@H](c2ccc(Cl)cc2)[C@H](c2cccc(F)c2)O[C@@H]1c1cc(C(C)(C)c2ccccc2)ccc1OCC(=O)O. The minimum Gasteiger partial charge on any atom is -0.482 e. The summed E-state index contributed by atoms with van der Waals surface area (Å²) in [6.45, 7) is 10.1. The summed E-state index contributed by atoms with van der Waals surface area (Å²) >= 11 is 6.22. The molecule has 0 bridgehead atoms. The van der Waals surface area contributed by atoms with Crippen molar-refractivity contribution in [1.82, 2.24) is 0 Å². The van der Waals surface area contributed by atoms with Crippen molar-refractivity contribution in [3.8, 4) is 5.75 Å². The summed E-state index contributed by atoms with van der Waals surface area (Å²) in [5.41, 5.74) is 5.24. The molecule has 1 aliphatic heterocycles. The predicted octanol–water partition coefficient (Wildman–Crippen LogP) is 9.45. The van der Waals surface area contributed by atoms with E-state index in [4.69, 9.17) is 21.1 Å². The van der Waals surface area contributed by atoms with Gasteiger partial charge >= 0.3 is 5.97 Å². The van der Waals surface area contributed by atoms with Crippen LogP contribution in [-0.4, -0.2) is 17.7 Å². The molecular formula is C37H36ClFO4. The molecule has 4 atom stereocenters. The Kier molecular flexibility index (Phi) is 9.05. The highest BCUT2D eigenvalue weighted by atomic mass is 35.5. The van der Waals surface area contributed by atoms with Crippen LogP contribution in [0.4, 0.5) is 4.39 Å². The van der Waals surface area contributed by atoms with Crippen LogP contribution in [0.25, 0.3) is 0 Å². The normalized spacial score (nSPS) is 20.4. The lowest BCUT2D eigenvalue weighted by molar-refractivity contribution is -0.139. The van der Waals surface area contributed by atoms with Gasteiger partial charge in [0.1, 0.15) is 11.6 Å². The monoisotopic (exact) mass is 598 g/mol. The fourth-order valence-corrected chi connectivity index (χ4v) is 6.21. The number of carboxylic acid groups (broad SMARTS) is 1. The molecule has 1 fully saturated rings. The summed E-state index contributed by atoms with van der Waals surface area (Å²) in [7, 11) is 0. The molecule has 1 heterocycles. The first kappa shape index (κ1) is 30.5. The molecular weight excluding hydrogens is 563 g/mol. The molecule has 222 valence electrons. The molecule has 4 aromatic rings. The Morgan fingerprint density at radius 1 is 0.953 bits per heavy atom. The first-order valence-electron chi connectivity index (χ1n) is 14.4. The fourth-order valence-electron chi connectivity index (χ4n) is 6.09. The smallest absolute Gasteiger partial charge is 0.341 e. The zero-order valence-corrected chi connectivity index (χ0v) is 25.4. The summed E-state index contributed by atoms with van der Waals surface area (Å²) in [6.07, 6.45) is -0.340. The molecule has 4 nitrogen and oxygen atoms in total. The van der Waals surface area contributed by atoms with Crippen molar-refractivity contribution in [2.45, 2.75) is 50.7 Å². The molecule has 0 aliphatic carbocycles. The molecule has 4 aromatic carbocycles. The Morgan fingerprint density at radius 2 is 1.67 bits per heavy atom. The zero-order valence-electron chi connectivity index (χ0n) is 24.6. The highest BCUT2D eigenvalue weighted by molar-refractivity contribution is 6.30. The Balaban J connectivity index is 1.65. The number of carbonyl (C=O) groups is 1. The summed E-state index contributed by atoms with van der Waals surface area (Å²) in [5, 5.41) is 10.1. The van der Waals surface area contributed by atoms with E-state index in [1.807, 2.05) is 67.6 Å². The van der Waals surface area contributed by atoms with Crippen molar-refractivity contribution in [3.05, 3.63) is 148 Å². The van der Waals surface area contributed by atoms with Gasteiger partial charge in [-0.3, -0.25) is 0 Å². The lowest BCUT2D eigenvalue weighted by Gasteiger charge is -2.43. The van der Waals surface area contributed by atoms with E-state index in [0.29, 0.717) is 17.2 Å². The van der Waals surface area contributed by atoms with Crippen LogP contribution in [0.15, 0.2) is 109 Å². The quantitative estimate of drug-likeness (QED) is 0.195. The van der Waals surface area contributed by atoms with E-state index in [9.17, 15) is 14.3 Å². The summed E-state index contributed by atoms with van der Waals surface area (Å²) in [5.74, 6) is -1.21. The van der Waals surface area contributed by atoms with Gasteiger partial charge in [0.15, 0.2) is 6.61 Å². The molecule has 0 unspecified atom stereocenters. The van der Waals surface area contributed by atoms with Crippen molar-refractivity contribution in [2.75, 3.05) is 6.61 Å². The van der Waals surface area contributed by atoms with Gasteiger partial charge in [-0.15, -0.1) is 0 Å². The van der Waals surface area contributed by atoms with Crippen LogP contribution in [-0.2, 0) is 14.9 Å². The zero-order chi connectivity index (χ0) is 30.7. The summed E-state index contributed by atoms with van der Waals surface area (Å²) in [4.78, 5) is 11.5. The van der Waals surface area contributed by atoms with Crippen molar-refractivity contribution in [3.63, 3.8) is 0 Å². The maximum atomic E-state index is 14.6. The molecule has 6 heteroatoms. The average Bonchev–Trinajstić information content (AvgIpc) is 3.00. The Hall–Kier alpha value is -3.93. The molecule has 43 heavy (non-hydrogen) atoms. The maximum Gasteiger partial charge on any atom is 0.341 e. The van der Waals surface area contributed by atoms with Gasteiger partial charge in [-0.1, -0.05) is 98.3 Å². The number of aliphatic carboxylic acids is 1. The first-order valence-corrected chi connectivity index (χ1v) is 14.8. The van der Waals surface area contributed by atoms with Crippen LogP contribution in [0, 0.1) is 11.7 Å². The molecule has 0 saturated carbocycles. The van der Waals surface area contributed by atoms with E-state index < -0.39 is 24.8 Å². The highest BCUT2D eigenvalue weighted by Crippen LogP contribution is 2.53. The third-order valence-corrected chi connectivity index (χ3v) is 8.78. The van der Waals surface area contributed by atoms with E-state index in [0.717, 1.165) is 33.4 Å². The fraction of sp³-hybridized carbons (Fsp3) is 0.270. The first-order chi connectivity index (χ1) is 20.5. The Morgan fingerprint density at radius 3 is 2.33 bits per heavy atom. The van der Waals surface area contributed by atoms with Gasteiger partial charge in [0.2, 0.25) is 0 Å². The average molecular weight is 599 g/mol. The number of rotatable bonds is 9. The van der Waals surface area contributed by atoms with Crippen LogP contribution in [0.5, 0.6) is 5.75 Å². The molecule has 0 spiro atoms. The molecule has 0 aromatic heterocycles. The van der Waals surface area contributed by atoms with Gasteiger partial charge in [0.25, 0.3) is 0 Å². The van der Waals surface area contributed by atoms with Crippen LogP contribution in [0.2, 0.25) is 5.02 Å². The second-order valence-corrected chi connectivity index (χ2v) is 12.2. The molecule has 5 rings (SSSR count). The van der Waals surface area contributed by atoms with Crippen molar-refractivity contribution < 1.29 is 23.8 Å². The van der Waals surface area contributed by atoms with E-state index in [-0.39, 0.29) is 23.1 Å². The second-order valence-electron chi connectivity index (χ2n) is 11.8. The van der Waals surface area contributed by atoms with E-state index in [2.05, 4.69) is 38.6 Å². The van der Waals surface area contributed by atoms with Gasteiger partial charge in [0.05, 0.1) is 12.2 Å². The van der Waals surface area contributed by atoms with Crippen molar-refractivity contribution in [1.29, 1.82) is 0 Å². The molecule has 0 radical (unpaired) electrons. The maximum absolute atomic E-state index is 14.6. The minimum absolute atomic E-state index is 0.107. The Labute approximate surface area is 257 Å². The van der Waals surface area contributed by atoms with Crippen LogP contribution < -0.4 is 4.74 Å². The van der Waals surface area contributed by atoms with Gasteiger partial charge in [-0.2, -0.15) is 0 Å². The molecule has 1 N–H and O–H groups in total. The van der Waals surface area contributed by atoms with Gasteiger partial charge in [-0.25, -0.2) is 9.18 Å².